The smallest absolute Gasteiger partial charge is 0.336 e. The van der Waals surface area contributed by atoms with E-state index in [0.717, 1.165) is 25.1 Å². The quantitative estimate of drug-likeness (QED) is 0.669. The van der Waals surface area contributed by atoms with Crippen LogP contribution in [0, 0.1) is 0 Å². The van der Waals surface area contributed by atoms with Gasteiger partial charge in [0.05, 0.1) is 18.4 Å². The zero-order valence-electron chi connectivity index (χ0n) is 15.4. The highest BCUT2D eigenvalue weighted by Crippen LogP contribution is 2.41. The lowest BCUT2D eigenvalue weighted by Gasteiger charge is -2.15. The molecule has 0 N–H and O–H groups in total. The van der Waals surface area contributed by atoms with Crippen LogP contribution < -0.4 is 0 Å². The van der Waals surface area contributed by atoms with Crippen molar-refractivity contribution in [2.45, 2.75) is 44.9 Å². The van der Waals surface area contributed by atoms with Crippen molar-refractivity contribution in [2.75, 3.05) is 7.05 Å². The van der Waals surface area contributed by atoms with Crippen LogP contribution in [0.4, 0.5) is 13.2 Å². The summed E-state index contributed by atoms with van der Waals surface area (Å²) in [6.45, 7) is 2.89. The summed E-state index contributed by atoms with van der Waals surface area (Å²) in [5, 5.41) is 8.13. The van der Waals surface area contributed by atoms with Crippen molar-refractivity contribution in [1.82, 2.24) is 29.3 Å². The summed E-state index contributed by atoms with van der Waals surface area (Å²) in [5.74, 6) is -0.436. The van der Waals surface area contributed by atoms with Gasteiger partial charge < -0.3 is 4.90 Å². The van der Waals surface area contributed by atoms with E-state index in [1.165, 1.54) is 4.90 Å². The number of nitrogens with zero attached hydrogens (tertiary/aromatic N) is 6. The number of alkyl halides is 3. The number of aromatic nitrogens is 5. The first-order valence-electron chi connectivity index (χ1n) is 9.01. The summed E-state index contributed by atoms with van der Waals surface area (Å²) in [6.07, 6.45) is -0.0222. The van der Waals surface area contributed by atoms with Crippen molar-refractivity contribution in [2.24, 2.45) is 0 Å². The molecule has 1 saturated carbocycles. The largest absolute Gasteiger partial charge is 0.433 e. The fourth-order valence-corrected chi connectivity index (χ4v) is 3.11. The third-order valence-corrected chi connectivity index (χ3v) is 4.77. The van der Waals surface area contributed by atoms with Crippen LogP contribution in [0.5, 0.6) is 0 Å². The van der Waals surface area contributed by atoms with Crippen LogP contribution in [0.2, 0.25) is 0 Å². The van der Waals surface area contributed by atoms with Gasteiger partial charge in [-0.2, -0.15) is 23.4 Å². The predicted molar refractivity (Wildman–Crippen MR) is 93.7 cm³/mol. The summed E-state index contributed by atoms with van der Waals surface area (Å²) < 4.78 is 42.9. The molecule has 3 aromatic heterocycles. The molecule has 148 valence electrons. The van der Waals surface area contributed by atoms with E-state index in [0.29, 0.717) is 22.4 Å². The molecule has 0 spiro atoms. The molecule has 7 nitrogen and oxygen atoms in total. The van der Waals surface area contributed by atoms with E-state index in [-0.39, 0.29) is 23.7 Å². The first-order chi connectivity index (χ1) is 13.3. The van der Waals surface area contributed by atoms with Gasteiger partial charge in [0.15, 0.2) is 5.65 Å². The van der Waals surface area contributed by atoms with E-state index < -0.39 is 17.8 Å². The molecule has 0 atom stereocenters. The van der Waals surface area contributed by atoms with Gasteiger partial charge in [-0.15, -0.1) is 0 Å². The van der Waals surface area contributed by atoms with Crippen LogP contribution in [0.25, 0.3) is 5.65 Å². The Balaban J connectivity index is 1.69. The van der Waals surface area contributed by atoms with Gasteiger partial charge in [0.2, 0.25) is 0 Å². The average molecular weight is 392 g/mol. The van der Waals surface area contributed by atoms with Crippen LogP contribution in [0.3, 0.4) is 0 Å². The Morgan fingerprint density at radius 1 is 1.36 bits per heavy atom. The van der Waals surface area contributed by atoms with Crippen molar-refractivity contribution in [1.29, 1.82) is 0 Å². The van der Waals surface area contributed by atoms with Crippen molar-refractivity contribution in [3.8, 4) is 0 Å². The van der Waals surface area contributed by atoms with Gasteiger partial charge in [-0.1, -0.05) is 0 Å². The lowest BCUT2D eigenvalue weighted by molar-refractivity contribution is -0.142. The molecule has 3 heterocycles. The monoisotopic (exact) mass is 392 g/mol. The van der Waals surface area contributed by atoms with Gasteiger partial charge >= 0.3 is 6.18 Å². The van der Waals surface area contributed by atoms with E-state index in [1.807, 2.05) is 13.1 Å². The molecule has 1 fully saturated rings. The number of aryl methyl sites for hydroxylation is 1. The fourth-order valence-electron chi connectivity index (χ4n) is 3.11. The molecule has 4 rings (SSSR count). The molecule has 0 bridgehead atoms. The first kappa shape index (κ1) is 18.5. The maximum absolute atomic E-state index is 13.5. The predicted octanol–water partition coefficient (Wildman–Crippen LogP) is 3.11. The van der Waals surface area contributed by atoms with E-state index in [2.05, 4.69) is 15.2 Å². The van der Waals surface area contributed by atoms with Gasteiger partial charge in [-0.25, -0.2) is 9.50 Å². The number of fused-ring (bicyclic) bond motifs is 1. The highest BCUT2D eigenvalue weighted by atomic mass is 19.4. The summed E-state index contributed by atoms with van der Waals surface area (Å²) in [4.78, 5) is 18.6. The summed E-state index contributed by atoms with van der Waals surface area (Å²) in [6, 6.07) is 2.83. The number of halogens is 3. The van der Waals surface area contributed by atoms with Gasteiger partial charge in [0.1, 0.15) is 11.3 Å². The standard InChI is InChI=1S/C18H19F3N6O/c1-3-26-7-6-12(24-26)10-25(2)17(28)13-9-22-27-15(18(19,20)21)8-14(11-4-5-11)23-16(13)27/h6-9,11H,3-5,10H2,1-2H3. The number of carbonyl (C=O) groups excluding carboxylic acids is 1. The van der Waals surface area contributed by atoms with Crippen molar-refractivity contribution < 1.29 is 18.0 Å². The fraction of sp³-hybridized carbons (Fsp3) is 0.444. The lowest BCUT2D eigenvalue weighted by atomic mass is 10.2. The molecule has 0 saturated heterocycles. The molecule has 0 unspecified atom stereocenters. The Labute approximate surface area is 158 Å². The second kappa shape index (κ2) is 6.61. The third-order valence-electron chi connectivity index (χ3n) is 4.77. The zero-order valence-corrected chi connectivity index (χ0v) is 15.4. The molecule has 28 heavy (non-hydrogen) atoms. The summed E-state index contributed by atoms with van der Waals surface area (Å²) in [5.41, 5.74) is 0.122. The van der Waals surface area contributed by atoms with Gasteiger partial charge in [-0.3, -0.25) is 9.48 Å². The lowest BCUT2D eigenvalue weighted by Crippen LogP contribution is -2.26. The van der Waals surface area contributed by atoms with Crippen molar-refractivity contribution in [3.63, 3.8) is 0 Å². The maximum atomic E-state index is 13.5. The minimum atomic E-state index is -4.59. The van der Waals surface area contributed by atoms with E-state index >= 15 is 0 Å². The Bertz CT molecular complexity index is 1030. The summed E-state index contributed by atoms with van der Waals surface area (Å²) in [7, 11) is 1.58. The maximum Gasteiger partial charge on any atom is 0.433 e. The van der Waals surface area contributed by atoms with Crippen LogP contribution in [0.15, 0.2) is 24.5 Å². The second-order valence-corrected chi connectivity index (χ2v) is 6.96. The SMILES string of the molecule is CCn1ccc(CN(C)C(=O)c2cnn3c(C(F)(F)F)cc(C4CC4)nc23)n1. The number of amides is 1. The number of hydrogen-bond donors (Lipinski definition) is 0. The first-order valence-corrected chi connectivity index (χ1v) is 9.01. The van der Waals surface area contributed by atoms with Gasteiger partial charge in [-0.05, 0) is 31.9 Å². The minimum absolute atomic E-state index is 0.0136. The highest BCUT2D eigenvalue weighted by Gasteiger charge is 2.38. The second-order valence-electron chi connectivity index (χ2n) is 6.96. The molecule has 1 aliphatic rings. The van der Waals surface area contributed by atoms with E-state index in [1.54, 1.807) is 17.8 Å². The van der Waals surface area contributed by atoms with Crippen LogP contribution in [0.1, 0.15) is 53.1 Å². The zero-order chi connectivity index (χ0) is 20.1. The van der Waals surface area contributed by atoms with Crippen LogP contribution >= 0.6 is 0 Å². The van der Waals surface area contributed by atoms with Crippen molar-refractivity contribution in [3.05, 3.63) is 47.2 Å². The molecule has 1 amide bonds. The Morgan fingerprint density at radius 2 is 2.11 bits per heavy atom. The highest BCUT2D eigenvalue weighted by molar-refractivity contribution is 5.99. The molecule has 0 radical (unpaired) electrons. The Morgan fingerprint density at radius 3 is 2.71 bits per heavy atom. The topological polar surface area (TPSA) is 68.3 Å². The molecule has 0 aliphatic heterocycles. The van der Waals surface area contributed by atoms with Gasteiger partial charge in [0, 0.05) is 31.4 Å². The van der Waals surface area contributed by atoms with E-state index in [4.69, 9.17) is 0 Å². The molecule has 1 aliphatic carbocycles. The van der Waals surface area contributed by atoms with E-state index in [9.17, 15) is 18.0 Å². The van der Waals surface area contributed by atoms with Crippen molar-refractivity contribution >= 4 is 11.6 Å². The normalized spacial score (nSPS) is 14.6. The Kier molecular flexibility index (Phi) is 4.35. The molecular weight excluding hydrogens is 373 g/mol. The number of rotatable bonds is 5. The van der Waals surface area contributed by atoms with Crippen LogP contribution in [-0.4, -0.2) is 42.2 Å². The number of carbonyl (C=O) groups is 1. The summed E-state index contributed by atoms with van der Waals surface area (Å²) >= 11 is 0. The third kappa shape index (κ3) is 3.34. The van der Waals surface area contributed by atoms with Crippen LogP contribution in [-0.2, 0) is 19.3 Å². The Hall–Kier alpha value is -2.91. The molecular formula is C18H19F3N6O. The van der Waals surface area contributed by atoms with Gasteiger partial charge in [0.25, 0.3) is 5.91 Å². The number of hydrogen-bond acceptors (Lipinski definition) is 4. The average Bonchev–Trinajstić information content (AvgIpc) is 3.26. The molecule has 0 aromatic carbocycles. The minimum Gasteiger partial charge on any atom is -0.336 e. The molecule has 10 heteroatoms. The molecule has 3 aromatic rings.